The number of hydrogen-bond donors (Lipinski definition) is 1. The number of β-amino-alcohol motifs (C(OH)–C–C–N with tert-alkyl or cyclic N) is 1. The van der Waals surface area contributed by atoms with Crippen molar-refractivity contribution in [3.8, 4) is 5.69 Å². The van der Waals surface area contributed by atoms with Gasteiger partial charge in [-0.1, -0.05) is 31.5 Å². The van der Waals surface area contributed by atoms with E-state index in [1.165, 1.54) is 5.56 Å². The third-order valence-electron chi connectivity index (χ3n) is 5.57. The second-order valence-corrected chi connectivity index (χ2v) is 7.76. The zero-order valence-corrected chi connectivity index (χ0v) is 17.4. The second kappa shape index (κ2) is 8.88. The van der Waals surface area contributed by atoms with E-state index < -0.39 is 0 Å². The molecule has 6 heteroatoms. The molecule has 0 saturated carbocycles. The Bertz CT molecular complexity index is 797. The van der Waals surface area contributed by atoms with E-state index in [2.05, 4.69) is 42.9 Å². The smallest absolute Gasteiger partial charge is 0.257 e. The number of aryl methyl sites for hydroxylation is 1. The predicted octanol–water partition coefficient (Wildman–Crippen LogP) is 2.66. The molecule has 2 atom stereocenters. The third-order valence-corrected chi connectivity index (χ3v) is 5.57. The summed E-state index contributed by atoms with van der Waals surface area (Å²) in [5, 5.41) is 14.3. The number of carbonyl (C=O) groups is 1. The average Bonchev–Trinajstić information content (AvgIpc) is 3.11. The van der Waals surface area contributed by atoms with Crippen LogP contribution in [0.1, 0.15) is 48.8 Å². The van der Waals surface area contributed by atoms with Crippen LogP contribution in [0.25, 0.3) is 5.69 Å². The SMILES string of the molecule is CCc1c(C(=O)N2CCN(C[C@@H](C)O)[C@H](CC)C2)cnn1-c1ccc(C)cc1. The number of benzene rings is 1. The Morgan fingerprint density at radius 2 is 1.96 bits per heavy atom. The first kappa shape index (κ1) is 20.6. The summed E-state index contributed by atoms with van der Waals surface area (Å²) in [6.07, 6.45) is 3.06. The van der Waals surface area contributed by atoms with Crippen molar-refractivity contribution in [1.82, 2.24) is 19.6 Å². The molecule has 2 heterocycles. The van der Waals surface area contributed by atoms with Gasteiger partial charge in [-0.25, -0.2) is 4.68 Å². The lowest BCUT2D eigenvalue weighted by molar-refractivity contribution is 0.0309. The van der Waals surface area contributed by atoms with Gasteiger partial charge in [-0.3, -0.25) is 9.69 Å². The van der Waals surface area contributed by atoms with Gasteiger partial charge in [0, 0.05) is 32.2 Å². The fourth-order valence-corrected chi connectivity index (χ4v) is 4.02. The molecule has 0 spiro atoms. The molecule has 1 amide bonds. The van der Waals surface area contributed by atoms with Crippen molar-refractivity contribution in [2.45, 2.75) is 52.7 Å². The molecule has 1 aromatic carbocycles. The van der Waals surface area contributed by atoms with Crippen LogP contribution >= 0.6 is 0 Å². The van der Waals surface area contributed by atoms with E-state index in [0.29, 0.717) is 25.2 Å². The summed E-state index contributed by atoms with van der Waals surface area (Å²) in [5.74, 6) is 0.0605. The molecule has 1 aromatic heterocycles. The fourth-order valence-electron chi connectivity index (χ4n) is 4.02. The van der Waals surface area contributed by atoms with Gasteiger partial charge in [0.15, 0.2) is 0 Å². The van der Waals surface area contributed by atoms with E-state index in [-0.39, 0.29) is 18.1 Å². The first-order chi connectivity index (χ1) is 13.4. The van der Waals surface area contributed by atoms with Gasteiger partial charge in [0.1, 0.15) is 0 Å². The molecule has 152 valence electrons. The first-order valence-corrected chi connectivity index (χ1v) is 10.3. The zero-order valence-electron chi connectivity index (χ0n) is 17.4. The summed E-state index contributed by atoms with van der Waals surface area (Å²) in [6.45, 7) is 10.9. The number of aromatic nitrogens is 2. The second-order valence-electron chi connectivity index (χ2n) is 7.76. The van der Waals surface area contributed by atoms with Gasteiger partial charge in [0.2, 0.25) is 0 Å². The summed E-state index contributed by atoms with van der Waals surface area (Å²) in [7, 11) is 0. The van der Waals surface area contributed by atoms with E-state index in [9.17, 15) is 9.90 Å². The van der Waals surface area contributed by atoms with Crippen molar-refractivity contribution < 1.29 is 9.90 Å². The van der Waals surface area contributed by atoms with Crippen LogP contribution < -0.4 is 0 Å². The average molecular weight is 385 g/mol. The minimum absolute atomic E-state index is 0.0605. The summed E-state index contributed by atoms with van der Waals surface area (Å²) < 4.78 is 1.88. The molecule has 1 fully saturated rings. The number of rotatable bonds is 6. The Morgan fingerprint density at radius 1 is 1.25 bits per heavy atom. The van der Waals surface area contributed by atoms with Crippen LogP contribution in [0.4, 0.5) is 0 Å². The van der Waals surface area contributed by atoms with Gasteiger partial charge < -0.3 is 10.0 Å². The fraction of sp³-hybridized carbons (Fsp3) is 0.545. The third kappa shape index (κ3) is 4.28. The molecular formula is C22H32N4O2. The largest absolute Gasteiger partial charge is 0.392 e. The van der Waals surface area contributed by atoms with E-state index in [1.807, 2.05) is 28.6 Å². The van der Waals surface area contributed by atoms with Crippen molar-refractivity contribution >= 4 is 5.91 Å². The maximum Gasteiger partial charge on any atom is 0.257 e. The Morgan fingerprint density at radius 3 is 2.57 bits per heavy atom. The molecule has 0 radical (unpaired) electrons. The van der Waals surface area contributed by atoms with Crippen molar-refractivity contribution in [3.63, 3.8) is 0 Å². The van der Waals surface area contributed by atoms with Crippen LogP contribution in [0.3, 0.4) is 0 Å². The first-order valence-electron chi connectivity index (χ1n) is 10.3. The lowest BCUT2D eigenvalue weighted by Crippen LogP contribution is -2.55. The van der Waals surface area contributed by atoms with Crippen LogP contribution in [0.5, 0.6) is 0 Å². The molecule has 6 nitrogen and oxygen atoms in total. The van der Waals surface area contributed by atoms with Gasteiger partial charge in [-0.15, -0.1) is 0 Å². The lowest BCUT2D eigenvalue weighted by atomic mass is 10.1. The molecule has 2 aromatic rings. The number of piperazine rings is 1. The number of aliphatic hydroxyl groups excluding tert-OH is 1. The highest BCUT2D eigenvalue weighted by atomic mass is 16.3. The van der Waals surface area contributed by atoms with Gasteiger partial charge in [0.25, 0.3) is 5.91 Å². The van der Waals surface area contributed by atoms with Gasteiger partial charge in [-0.2, -0.15) is 5.10 Å². The highest BCUT2D eigenvalue weighted by molar-refractivity contribution is 5.95. The van der Waals surface area contributed by atoms with E-state index in [1.54, 1.807) is 6.20 Å². The Hall–Kier alpha value is -2.18. The molecule has 0 unspecified atom stereocenters. The van der Waals surface area contributed by atoms with Gasteiger partial charge >= 0.3 is 0 Å². The van der Waals surface area contributed by atoms with E-state index in [0.717, 1.165) is 30.8 Å². The molecule has 1 N–H and O–H groups in total. The number of amides is 1. The quantitative estimate of drug-likeness (QED) is 0.832. The van der Waals surface area contributed by atoms with Crippen molar-refractivity contribution in [3.05, 3.63) is 47.3 Å². The predicted molar refractivity (Wildman–Crippen MR) is 111 cm³/mol. The molecule has 1 saturated heterocycles. The highest BCUT2D eigenvalue weighted by Crippen LogP contribution is 2.21. The van der Waals surface area contributed by atoms with Crippen molar-refractivity contribution in [2.24, 2.45) is 0 Å². The molecule has 28 heavy (non-hydrogen) atoms. The number of aliphatic hydroxyl groups is 1. The van der Waals surface area contributed by atoms with Crippen LogP contribution in [0.15, 0.2) is 30.5 Å². The Labute approximate surface area is 167 Å². The molecule has 1 aliphatic heterocycles. The number of hydrogen-bond acceptors (Lipinski definition) is 4. The zero-order chi connectivity index (χ0) is 20.3. The minimum Gasteiger partial charge on any atom is -0.392 e. The molecule has 1 aliphatic rings. The Kier molecular flexibility index (Phi) is 6.52. The standard InChI is InChI=1S/C22H32N4O2/c1-5-18-15-25(12-11-24(18)14-17(4)27)22(28)20-13-23-26(21(20)6-2)19-9-7-16(3)8-10-19/h7-10,13,17-18,27H,5-6,11-12,14-15H2,1-4H3/t17-,18-/m1/s1. The summed E-state index contributed by atoms with van der Waals surface area (Å²) >= 11 is 0. The van der Waals surface area contributed by atoms with Gasteiger partial charge in [0.05, 0.1) is 29.2 Å². The molecule has 3 rings (SSSR count). The topological polar surface area (TPSA) is 61.6 Å². The lowest BCUT2D eigenvalue weighted by Gasteiger charge is -2.41. The molecule has 0 bridgehead atoms. The normalized spacial score (nSPS) is 19.0. The van der Waals surface area contributed by atoms with Gasteiger partial charge in [-0.05, 0) is 38.8 Å². The maximum atomic E-state index is 13.3. The van der Waals surface area contributed by atoms with Crippen LogP contribution in [-0.2, 0) is 6.42 Å². The number of nitrogens with zero attached hydrogens (tertiary/aromatic N) is 4. The Balaban J connectivity index is 1.80. The highest BCUT2D eigenvalue weighted by Gasteiger charge is 2.31. The van der Waals surface area contributed by atoms with Crippen LogP contribution in [-0.4, -0.2) is 68.9 Å². The molecular weight excluding hydrogens is 352 g/mol. The maximum absolute atomic E-state index is 13.3. The number of carbonyl (C=O) groups excluding carboxylic acids is 1. The minimum atomic E-state index is -0.351. The molecule has 0 aliphatic carbocycles. The summed E-state index contributed by atoms with van der Waals surface area (Å²) in [6, 6.07) is 8.48. The van der Waals surface area contributed by atoms with Crippen molar-refractivity contribution in [2.75, 3.05) is 26.2 Å². The van der Waals surface area contributed by atoms with Crippen molar-refractivity contribution in [1.29, 1.82) is 0 Å². The summed E-state index contributed by atoms with van der Waals surface area (Å²) in [5.41, 5.74) is 3.83. The van der Waals surface area contributed by atoms with E-state index >= 15 is 0 Å². The van der Waals surface area contributed by atoms with Crippen LogP contribution in [0, 0.1) is 6.92 Å². The van der Waals surface area contributed by atoms with E-state index in [4.69, 9.17) is 0 Å². The summed E-state index contributed by atoms with van der Waals surface area (Å²) in [4.78, 5) is 17.5. The van der Waals surface area contributed by atoms with Crippen LogP contribution in [0.2, 0.25) is 0 Å². The monoisotopic (exact) mass is 384 g/mol.